The summed E-state index contributed by atoms with van der Waals surface area (Å²) in [6, 6.07) is 15.6. The van der Waals surface area contributed by atoms with Crippen LogP contribution < -0.4 is 16.0 Å². The van der Waals surface area contributed by atoms with E-state index in [1.54, 1.807) is 0 Å². The second-order valence-corrected chi connectivity index (χ2v) is 19.8. The van der Waals surface area contributed by atoms with Gasteiger partial charge in [0.05, 0.1) is 37.7 Å². The zero-order valence-corrected chi connectivity index (χ0v) is 36.0. The van der Waals surface area contributed by atoms with Crippen LogP contribution in [-0.4, -0.2) is 90.5 Å². The molecule has 6 rings (SSSR count). The summed E-state index contributed by atoms with van der Waals surface area (Å²) in [7, 11) is 1.45. The third kappa shape index (κ3) is 9.80. The molecule has 3 heterocycles. The number of alkyl carbamates (subject to hydrolysis) is 2. The number of carbonyl (C=O) groups is 4. The van der Waals surface area contributed by atoms with Gasteiger partial charge in [-0.15, -0.1) is 0 Å². The SMILES string of the molecule is COC(=O)N[C@H](C(=O)N[C@@H](C[SiH](C)C)c1nc(-c2ccc(-c3ccc(-c4nc([C@@H]5CCCN5C(=O)[C@@H](NC(=O)OC)C(C)C)[nH]c4C4CC4)cc3)cc2)c[nH]1)C(C)C. The van der Waals surface area contributed by atoms with Crippen LogP contribution in [0.5, 0.6) is 0 Å². The molecule has 4 aromatic rings. The van der Waals surface area contributed by atoms with Crippen LogP contribution in [0, 0.1) is 11.8 Å². The monoisotopic (exact) mass is 810 g/mol. The highest BCUT2D eigenvalue weighted by atomic mass is 28.3. The van der Waals surface area contributed by atoms with Crippen LogP contribution in [-0.2, 0) is 19.1 Å². The number of aromatic nitrogens is 4. The largest absolute Gasteiger partial charge is 0.453 e. The summed E-state index contributed by atoms with van der Waals surface area (Å²) in [4.78, 5) is 69.9. The van der Waals surface area contributed by atoms with E-state index in [0.29, 0.717) is 18.3 Å². The Kier molecular flexibility index (Phi) is 13.4. The molecule has 0 bridgehead atoms. The quantitative estimate of drug-likeness (QED) is 0.0790. The lowest BCUT2D eigenvalue weighted by molar-refractivity contribution is -0.135. The van der Waals surface area contributed by atoms with Gasteiger partial charge in [-0.05, 0) is 54.7 Å². The summed E-state index contributed by atoms with van der Waals surface area (Å²) in [6.45, 7) is 12.6. The maximum atomic E-state index is 13.8. The Morgan fingerprint density at radius 1 is 0.793 bits per heavy atom. The molecule has 4 atom stereocenters. The van der Waals surface area contributed by atoms with Crippen LogP contribution in [0.1, 0.15) is 88.7 Å². The molecule has 310 valence electrons. The van der Waals surface area contributed by atoms with Crippen molar-refractivity contribution in [2.75, 3.05) is 20.8 Å². The minimum absolute atomic E-state index is 0.104. The van der Waals surface area contributed by atoms with Crippen LogP contribution in [0.25, 0.3) is 33.6 Å². The summed E-state index contributed by atoms with van der Waals surface area (Å²) in [5.41, 5.74) is 6.91. The molecule has 2 aliphatic rings. The van der Waals surface area contributed by atoms with Crippen LogP contribution in [0.4, 0.5) is 9.59 Å². The van der Waals surface area contributed by atoms with Crippen molar-refractivity contribution in [1.29, 1.82) is 0 Å². The molecule has 1 aliphatic carbocycles. The van der Waals surface area contributed by atoms with Gasteiger partial charge in [-0.3, -0.25) is 9.59 Å². The number of imidazole rings is 2. The molecule has 5 N–H and O–H groups in total. The molecule has 4 amide bonds. The molecule has 2 aromatic carbocycles. The van der Waals surface area contributed by atoms with Gasteiger partial charge in [-0.1, -0.05) is 89.3 Å². The van der Waals surface area contributed by atoms with Crippen molar-refractivity contribution in [3.05, 3.63) is 72.1 Å². The number of hydrogen-bond donors (Lipinski definition) is 5. The second-order valence-electron chi connectivity index (χ2n) is 16.6. The number of rotatable bonds is 15. The first kappa shape index (κ1) is 42.2. The lowest BCUT2D eigenvalue weighted by atomic mass is 10.00. The van der Waals surface area contributed by atoms with Gasteiger partial charge < -0.3 is 40.3 Å². The van der Waals surface area contributed by atoms with Crippen molar-refractivity contribution in [2.24, 2.45) is 11.8 Å². The van der Waals surface area contributed by atoms with Crippen molar-refractivity contribution in [3.8, 4) is 33.6 Å². The summed E-state index contributed by atoms with van der Waals surface area (Å²) in [5.74, 6) is 1.25. The molecule has 2 aromatic heterocycles. The number of amides is 4. The maximum absolute atomic E-state index is 13.8. The fourth-order valence-corrected chi connectivity index (χ4v) is 8.94. The van der Waals surface area contributed by atoms with E-state index in [0.717, 1.165) is 76.9 Å². The van der Waals surface area contributed by atoms with Crippen LogP contribution >= 0.6 is 0 Å². The van der Waals surface area contributed by atoms with E-state index < -0.39 is 33.1 Å². The van der Waals surface area contributed by atoms with Gasteiger partial charge in [-0.25, -0.2) is 19.6 Å². The molecular formula is C43H58N8O6Si. The Hall–Kier alpha value is -5.44. The van der Waals surface area contributed by atoms with Crippen molar-refractivity contribution in [1.82, 2.24) is 40.8 Å². The van der Waals surface area contributed by atoms with Crippen LogP contribution in [0.2, 0.25) is 19.1 Å². The molecule has 1 aliphatic heterocycles. The first-order chi connectivity index (χ1) is 27.8. The number of aromatic amines is 2. The third-order valence-corrected chi connectivity index (χ3v) is 12.4. The Morgan fingerprint density at radius 3 is 1.91 bits per heavy atom. The standard InChI is InChI=1S/C43H58N8O6Si/c1-24(2)34(49-42(54)56-5)40(52)46-32(23-58(7)8)38-44-22-31(45-38)28-15-11-26(12-16-28)27-13-17-29(18-14-27)36-37(30-19-20-30)48-39(47-36)33-10-9-21-51(33)41(53)35(25(3)4)50-43(55)57-6/h11-18,22,24-25,30,32-35,58H,9-10,19-21,23H2,1-8H3,(H,44,45)(H,46,52)(H,47,48)(H,49,54)(H,50,55)/t32-,33-,34-,35-/m0/s1. The van der Waals surface area contributed by atoms with E-state index in [4.69, 9.17) is 19.4 Å². The minimum atomic E-state index is -1.13. The lowest BCUT2D eigenvalue weighted by Gasteiger charge is -2.30. The molecule has 1 saturated carbocycles. The van der Waals surface area contributed by atoms with E-state index in [1.165, 1.54) is 14.2 Å². The first-order valence-electron chi connectivity index (χ1n) is 20.4. The van der Waals surface area contributed by atoms with Gasteiger partial charge in [0.15, 0.2) is 0 Å². The average molecular weight is 811 g/mol. The van der Waals surface area contributed by atoms with Crippen LogP contribution in [0.15, 0.2) is 54.7 Å². The van der Waals surface area contributed by atoms with Crippen molar-refractivity contribution in [2.45, 2.75) is 103 Å². The zero-order valence-electron chi connectivity index (χ0n) is 34.8. The molecular weight excluding hydrogens is 753 g/mol. The van der Waals surface area contributed by atoms with Gasteiger partial charge in [0.25, 0.3) is 0 Å². The number of ether oxygens (including phenoxy) is 2. The van der Waals surface area contributed by atoms with Gasteiger partial charge in [0.1, 0.15) is 23.7 Å². The minimum Gasteiger partial charge on any atom is -0.453 e. The molecule has 2 fully saturated rings. The number of nitrogens with zero attached hydrogens (tertiary/aromatic N) is 3. The van der Waals surface area contributed by atoms with Gasteiger partial charge in [0, 0.05) is 44.3 Å². The summed E-state index contributed by atoms with van der Waals surface area (Å²) >= 11 is 0. The highest BCUT2D eigenvalue weighted by Gasteiger charge is 2.39. The third-order valence-electron chi connectivity index (χ3n) is 11.0. The molecule has 14 nitrogen and oxygen atoms in total. The Morgan fingerprint density at radius 2 is 1.36 bits per heavy atom. The normalized spacial score (nSPS) is 16.9. The second kappa shape index (κ2) is 18.4. The van der Waals surface area contributed by atoms with Gasteiger partial charge >= 0.3 is 12.2 Å². The first-order valence-corrected chi connectivity index (χ1v) is 23.6. The number of methoxy groups -OCH3 is 2. The average Bonchev–Trinajstić information content (AvgIpc) is 3.55. The topological polar surface area (TPSA) is 183 Å². The molecule has 1 saturated heterocycles. The Balaban J connectivity index is 1.16. The highest BCUT2D eigenvalue weighted by Crippen LogP contribution is 2.45. The van der Waals surface area contributed by atoms with Crippen molar-refractivity contribution >= 4 is 32.8 Å². The number of likely N-dealkylation sites (tertiary alicyclic amines) is 1. The Labute approximate surface area is 342 Å². The predicted octanol–water partition coefficient (Wildman–Crippen LogP) is 7.08. The number of nitrogens with one attached hydrogen (secondary N) is 5. The maximum Gasteiger partial charge on any atom is 0.407 e. The predicted molar refractivity (Wildman–Crippen MR) is 226 cm³/mol. The van der Waals surface area contributed by atoms with Crippen molar-refractivity contribution in [3.63, 3.8) is 0 Å². The van der Waals surface area contributed by atoms with Crippen LogP contribution in [0.3, 0.4) is 0 Å². The van der Waals surface area contributed by atoms with E-state index in [9.17, 15) is 19.2 Å². The smallest absolute Gasteiger partial charge is 0.407 e. The van der Waals surface area contributed by atoms with E-state index in [-0.39, 0.29) is 35.7 Å². The molecule has 58 heavy (non-hydrogen) atoms. The molecule has 15 heteroatoms. The Bertz CT molecular complexity index is 2060. The molecule has 0 spiro atoms. The fraction of sp³-hybridized carbons (Fsp3) is 0.488. The van der Waals surface area contributed by atoms with E-state index >= 15 is 0 Å². The van der Waals surface area contributed by atoms with E-state index in [1.807, 2.05) is 50.9 Å². The fourth-order valence-electron chi connectivity index (χ4n) is 7.65. The number of H-pyrrole nitrogens is 2. The summed E-state index contributed by atoms with van der Waals surface area (Å²) < 4.78 is 9.54. The van der Waals surface area contributed by atoms with Gasteiger partial charge in [0.2, 0.25) is 11.8 Å². The molecule has 0 radical (unpaired) electrons. The number of carbonyl (C=O) groups excluding carboxylic acids is 4. The highest BCUT2D eigenvalue weighted by molar-refractivity contribution is 6.55. The number of hydrogen-bond acceptors (Lipinski definition) is 8. The van der Waals surface area contributed by atoms with Crippen molar-refractivity contribution < 1.29 is 28.7 Å². The lowest BCUT2D eigenvalue weighted by Crippen LogP contribution is -2.51. The zero-order chi connectivity index (χ0) is 41.7. The summed E-state index contributed by atoms with van der Waals surface area (Å²) in [6.07, 6.45) is 4.46. The van der Waals surface area contributed by atoms with Gasteiger partial charge in [-0.2, -0.15) is 0 Å². The number of benzene rings is 2. The summed E-state index contributed by atoms with van der Waals surface area (Å²) in [5, 5.41) is 8.51. The molecule has 0 unspecified atom stereocenters. The van der Waals surface area contributed by atoms with E-state index in [2.05, 4.69) is 75.4 Å².